The first-order chi connectivity index (χ1) is 40.5. The average Bonchev–Trinajstić information content (AvgIpc) is 2.30. The summed E-state index contributed by atoms with van der Waals surface area (Å²) in [6, 6.07) is 33.4. The molecule has 0 radical (unpaired) electrons. The molecule has 0 spiro atoms. The number of nitrogens with one attached hydrogen (secondary N) is 4. The van der Waals surface area contributed by atoms with Gasteiger partial charge in [-0.3, -0.25) is 40.7 Å². The van der Waals surface area contributed by atoms with Crippen LogP contribution in [0.3, 0.4) is 0 Å². The van der Waals surface area contributed by atoms with Gasteiger partial charge >= 0.3 is 36.2 Å². The minimum atomic E-state index is -1.39. The minimum absolute atomic E-state index is 0.000683. The highest BCUT2D eigenvalue weighted by Gasteiger charge is 2.31. The molecule has 0 saturated heterocycles. The van der Waals surface area contributed by atoms with E-state index in [1.165, 1.54) is 9.13 Å². The number of carboxylic acid groups (broad SMARTS) is 1. The lowest BCUT2D eigenvalue weighted by atomic mass is 9.98. The zero-order chi connectivity index (χ0) is 59.3. The summed E-state index contributed by atoms with van der Waals surface area (Å²) < 4.78 is 30.2. The first kappa shape index (κ1) is 58.3. The third-order valence-corrected chi connectivity index (χ3v) is 12.6. The standard InChI is InChI=1S/C57H58N14O13/c1-5-80-46(75)28-69(67-56(79)83-32-41-39-22-14-12-20-37(39)38-21-13-15-23-40(38)41)25-42-62-48-50(64-54(77)81-30-35-16-8-6-9-17-35)58-33-60-52(48)70(42)26-44(72)66-68(27-45(73)74)24-43-63-49-51(65-55(78)82-31-36-18-10-7-11-19-36)59-34-61-53(49)71(43)29-47(76)84-57(2,3)4/h6-23,33-34,41H,5,24-32H2,1-4H3,(H,66,72)(H,67,79)(H,73,74)(H,58,60,64,77)(H,59,61,65,78). The molecule has 8 aromatic rings. The Morgan fingerprint density at radius 1 is 0.571 bits per heavy atom. The molecule has 0 saturated carbocycles. The Kier molecular flexibility index (Phi) is 18.3. The van der Waals surface area contributed by atoms with Crippen molar-refractivity contribution in [1.29, 1.82) is 0 Å². The van der Waals surface area contributed by atoms with Gasteiger partial charge in [-0.25, -0.2) is 49.3 Å². The number of anilines is 2. The number of rotatable bonds is 23. The summed E-state index contributed by atoms with van der Waals surface area (Å²) in [6.07, 6.45) is -0.519. The third kappa shape index (κ3) is 14.9. The molecule has 1 aliphatic rings. The van der Waals surface area contributed by atoms with E-state index in [1.807, 2.05) is 60.7 Å². The maximum absolute atomic E-state index is 14.5. The molecule has 5 N–H and O–H groups in total. The molecule has 4 aromatic carbocycles. The fourth-order valence-corrected chi connectivity index (χ4v) is 9.19. The molecule has 4 amide bonds. The number of amides is 4. The number of aromatic nitrogens is 8. The van der Waals surface area contributed by atoms with Gasteiger partial charge in [-0.2, -0.15) is 5.01 Å². The highest BCUT2D eigenvalue weighted by atomic mass is 16.6. The lowest BCUT2D eigenvalue weighted by Gasteiger charge is -2.24. The number of esters is 2. The van der Waals surface area contributed by atoms with Crippen LogP contribution in [0.2, 0.25) is 0 Å². The van der Waals surface area contributed by atoms with Crippen molar-refractivity contribution in [2.75, 3.05) is 36.9 Å². The van der Waals surface area contributed by atoms with E-state index in [9.17, 15) is 38.7 Å². The lowest BCUT2D eigenvalue weighted by molar-refractivity contribution is -0.155. The predicted octanol–water partition coefficient (Wildman–Crippen LogP) is 6.24. The molecule has 0 bridgehead atoms. The Balaban J connectivity index is 1.00. The van der Waals surface area contributed by atoms with Crippen molar-refractivity contribution in [3.05, 3.63) is 156 Å². The highest BCUT2D eigenvalue weighted by molar-refractivity contribution is 5.95. The number of aliphatic carboxylic acids is 1. The van der Waals surface area contributed by atoms with Gasteiger partial charge in [-0.05, 0) is 61.1 Å². The molecule has 0 atom stereocenters. The second-order valence-electron chi connectivity index (χ2n) is 19.9. The number of hydrogen-bond donors (Lipinski definition) is 5. The third-order valence-electron chi connectivity index (χ3n) is 12.6. The van der Waals surface area contributed by atoms with Gasteiger partial charge in [0.2, 0.25) is 0 Å². The second-order valence-corrected chi connectivity index (χ2v) is 19.9. The van der Waals surface area contributed by atoms with E-state index >= 15 is 0 Å². The van der Waals surface area contributed by atoms with Crippen molar-refractivity contribution in [3.63, 3.8) is 0 Å². The normalized spacial score (nSPS) is 11.9. The van der Waals surface area contributed by atoms with Gasteiger partial charge < -0.3 is 37.9 Å². The number of hydrogen-bond acceptors (Lipinski definition) is 20. The molecule has 0 unspecified atom stereocenters. The molecular weight excluding hydrogens is 1090 g/mol. The number of carbonyl (C=O) groups is 7. The Morgan fingerprint density at radius 2 is 1.06 bits per heavy atom. The fourth-order valence-electron chi connectivity index (χ4n) is 9.19. The maximum Gasteiger partial charge on any atom is 0.421 e. The molecule has 0 fully saturated rings. The first-order valence-electron chi connectivity index (χ1n) is 26.3. The molecular formula is C57H58N14O13. The molecule has 4 heterocycles. The lowest BCUT2D eigenvalue weighted by Crippen LogP contribution is -2.47. The molecule has 0 aliphatic heterocycles. The molecule has 1 aliphatic carbocycles. The highest BCUT2D eigenvalue weighted by Crippen LogP contribution is 2.44. The van der Waals surface area contributed by atoms with E-state index in [-0.39, 0.29) is 78.0 Å². The van der Waals surface area contributed by atoms with Crippen molar-refractivity contribution < 1.29 is 62.4 Å². The zero-order valence-corrected chi connectivity index (χ0v) is 46.0. The largest absolute Gasteiger partial charge is 0.480 e. The second kappa shape index (κ2) is 26.5. The number of ether oxygens (including phenoxy) is 5. The SMILES string of the molecule is CCOC(=O)CN(Cc1nc2c(NC(=O)OCc3ccccc3)ncnc2n1CC(=O)NN(CC(=O)O)Cc1nc2c(NC(=O)OCc3ccccc3)ncnc2n1CC(=O)OC(C)(C)C)NC(=O)OCC1c2ccccc2-c2ccccc21. The van der Waals surface area contributed by atoms with Crippen molar-refractivity contribution in [2.24, 2.45) is 0 Å². The summed E-state index contributed by atoms with van der Waals surface area (Å²) in [7, 11) is 0. The number of fused-ring (bicyclic) bond motifs is 5. The quantitative estimate of drug-likeness (QED) is 0.0269. The molecule has 434 valence electrons. The number of carbonyl (C=O) groups excluding carboxylic acids is 6. The average molecular weight is 1150 g/mol. The van der Waals surface area contributed by atoms with Crippen LogP contribution < -0.4 is 21.5 Å². The van der Waals surface area contributed by atoms with E-state index in [0.29, 0.717) is 11.1 Å². The van der Waals surface area contributed by atoms with E-state index in [0.717, 1.165) is 44.9 Å². The number of hydrazine groups is 2. The number of benzene rings is 4. The van der Waals surface area contributed by atoms with E-state index in [2.05, 4.69) is 46.4 Å². The number of imidazole rings is 2. The van der Waals surface area contributed by atoms with E-state index < -0.39 is 87.0 Å². The van der Waals surface area contributed by atoms with Crippen LogP contribution in [0.4, 0.5) is 26.0 Å². The van der Waals surface area contributed by atoms with Gasteiger partial charge in [-0.1, -0.05) is 109 Å². The van der Waals surface area contributed by atoms with Crippen LogP contribution in [-0.4, -0.2) is 128 Å². The van der Waals surface area contributed by atoms with E-state index in [4.69, 9.17) is 28.7 Å². The van der Waals surface area contributed by atoms with Gasteiger partial charge in [0.1, 0.15) is 75.9 Å². The van der Waals surface area contributed by atoms with Crippen LogP contribution in [0, 0.1) is 0 Å². The summed E-state index contributed by atoms with van der Waals surface area (Å²) >= 11 is 0. The first-order valence-corrected chi connectivity index (χ1v) is 26.3. The van der Waals surface area contributed by atoms with E-state index in [1.54, 1.807) is 76.2 Å². The smallest absolute Gasteiger partial charge is 0.421 e. The van der Waals surface area contributed by atoms with Crippen LogP contribution in [0.5, 0.6) is 0 Å². The summed E-state index contributed by atoms with van der Waals surface area (Å²) in [5.74, 6) is -4.35. The maximum atomic E-state index is 14.5. The van der Waals surface area contributed by atoms with Crippen LogP contribution in [0.1, 0.15) is 67.5 Å². The number of nitrogens with zero attached hydrogens (tertiary/aromatic N) is 10. The predicted molar refractivity (Wildman–Crippen MR) is 298 cm³/mol. The van der Waals surface area contributed by atoms with Gasteiger partial charge in [0.15, 0.2) is 34.0 Å². The molecule has 4 aromatic heterocycles. The van der Waals surface area contributed by atoms with Crippen LogP contribution >= 0.6 is 0 Å². The van der Waals surface area contributed by atoms with Crippen LogP contribution in [0.15, 0.2) is 122 Å². The van der Waals surface area contributed by atoms with Gasteiger partial charge in [0.25, 0.3) is 5.91 Å². The van der Waals surface area contributed by atoms with Crippen molar-refractivity contribution >= 4 is 76.1 Å². The molecule has 9 rings (SSSR count). The van der Waals surface area contributed by atoms with Crippen molar-refractivity contribution in [1.82, 2.24) is 59.9 Å². The molecule has 27 heteroatoms. The Hall–Kier alpha value is -10.4. The molecule has 27 nitrogen and oxygen atoms in total. The fraction of sp³-hybridized carbons (Fsp3) is 0.281. The Labute approximate surface area is 479 Å². The zero-order valence-electron chi connectivity index (χ0n) is 46.0. The molecule has 84 heavy (non-hydrogen) atoms. The summed E-state index contributed by atoms with van der Waals surface area (Å²) in [5.41, 5.74) is 9.60. The van der Waals surface area contributed by atoms with Gasteiger partial charge in [0, 0.05) is 5.92 Å². The van der Waals surface area contributed by atoms with Gasteiger partial charge in [0.05, 0.1) is 19.7 Å². The topological polar surface area (TPSA) is 328 Å². The summed E-state index contributed by atoms with van der Waals surface area (Å²) in [6.45, 7) is 2.90. The van der Waals surface area contributed by atoms with Crippen LogP contribution in [-0.2, 0) is 82.3 Å². The number of carboxylic acids is 1. The van der Waals surface area contributed by atoms with Crippen LogP contribution in [0.25, 0.3) is 33.5 Å². The monoisotopic (exact) mass is 1150 g/mol. The van der Waals surface area contributed by atoms with Crippen molar-refractivity contribution in [2.45, 2.75) is 78.6 Å². The van der Waals surface area contributed by atoms with Gasteiger partial charge in [-0.15, -0.1) is 0 Å². The minimum Gasteiger partial charge on any atom is -0.480 e. The summed E-state index contributed by atoms with van der Waals surface area (Å²) in [5, 5.41) is 17.5. The van der Waals surface area contributed by atoms with Crippen molar-refractivity contribution in [3.8, 4) is 11.1 Å². The Bertz CT molecular complexity index is 3680. The summed E-state index contributed by atoms with van der Waals surface area (Å²) in [4.78, 5) is 120. The Morgan fingerprint density at radius 3 is 1.56 bits per heavy atom.